The van der Waals surface area contributed by atoms with E-state index in [2.05, 4.69) is 35.6 Å². The zero-order valence-corrected chi connectivity index (χ0v) is 17.2. The number of hydrogen-bond acceptors (Lipinski definition) is 5. The molecule has 1 aromatic heterocycles. The van der Waals surface area contributed by atoms with Crippen LogP contribution in [0.1, 0.15) is 25.0 Å². The zero-order chi connectivity index (χ0) is 21.7. The van der Waals surface area contributed by atoms with Crippen LogP contribution in [-0.2, 0) is 13.0 Å². The number of ether oxygens (including phenoxy) is 1. The van der Waals surface area contributed by atoms with E-state index in [0.29, 0.717) is 17.3 Å². The highest BCUT2D eigenvalue weighted by atomic mass is 16.7. The first-order valence-corrected chi connectivity index (χ1v) is 9.99. The van der Waals surface area contributed by atoms with Gasteiger partial charge in [-0.3, -0.25) is 4.79 Å². The Bertz CT molecular complexity index is 1100. The van der Waals surface area contributed by atoms with Crippen molar-refractivity contribution in [1.29, 1.82) is 0 Å². The molecule has 3 rings (SSSR count). The van der Waals surface area contributed by atoms with Gasteiger partial charge in [0.1, 0.15) is 0 Å². The van der Waals surface area contributed by atoms with E-state index in [1.54, 1.807) is 10.6 Å². The molecule has 0 amide bonds. The molecule has 0 aliphatic carbocycles. The Morgan fingerprint density at radius 2 is 1.87 bits per heavy atom. The van der Waals surface area contributed by atoms with Gasteiger partial charge in [-0.25, -0.2) is 4.79 Å². The third kappa shape index (κ3) is 4.46. The molecule has 0 spiro atoms. The van der Waals surface area contributed by atoms with Gasteiger partial charge in [-0.1, -0.05) is 24.3 Å². The van der Waals surface area contributed by atoms with Gasteiger partial charge in [0.05, 0.1) is 18.3 Å². The Balaban J connectivity index is 2.08. The fraction of sp³-hybridized carbons (Fsp3) is 0.304. The molecule has 0 aliphatic heterocycles. The van der Waals surface area contributed by atoms with Gasteiger partial charge in [-0.15, -0.1) is 0 Å². The third-order valence-electron chi connectivity index (χ3n) is 5.14. The molecule has 0 fully saturated rings. The third-order valence-corrected chi connectivity index (χ3v) is 5.14. The minimum atomic E-state index is -1.55. The minimum Gasteiger partial charge on any atom is -0.449 e. The summed E-state index contributed by atoms with van der Waals surface area (Å²) in [7, 11) is 0. The summed E-state index contributed by atoms with van der Waals surface area (Å²) in [5.41, 5.74) is 3.37. The number of anilines is 1. The summed E-state index contributed by atoms with van der Waals surface area (Å²) < 4.78 is 6.30. The minimum absolute atomic E-state index is 0.149. The standard InChI is InChI=1S/C23H26N2O5/c1-3-24(4-2)19-8-6-5-7-17(19)13-16-9-10-20-18(14-16)22(27)21(30-23(28)29)15-25(20)11-12-26/h5-10,14-15,26H,3-4,11-13H2,1-2H3,(H,28,29). The van der Waals surface area contributed by atoms with Crippen molar-refractivity contribution in [3.63, 3.8) is 0 Å². The molecule has 0 bridgehead atoms. The molecule has 0 saturated heterocycles. The average molecular weight is 410 g/mol. The first-order valence-electron chi connectivity index (χ1n) is 9.99. The Morgan fingerprint density at radius 1 is 1.13 bits per heavy atom. The van der Waals surface area contributed by atoms with Crippen LogP contribution in [-0.4, -0.2) is 40.6 Å². The van der Waals surface area contributed by atoms with E-state index in [1.165, 1.54) is 6.20 Å². The van der Waals surface area contributed by atoms with Crippen molar-refractivity contribution in [2.75, 3.05) is 24.6 Å². The second-order valence-electron chi connectivity index (χ2n) is 6.94. The molecule has 0 unspecified atom stereocenters. The lowest BCUT2D eigenvalue weighted by molar-refractivity contribution is 0.143. The predicted molar refractivity (Wildman–Crippen MR) is 117 cm³/mol. The van der Waals surface area contributed by atoms with E-state index in [-0.39, 0.29) is 18.9 Å². The van der Waals surface area contributed by atoms with Crippen molar-refractivity contribution < 1.29 is 19.7 Å². The van der Waals surface area contributed by atoms with Crippen molar-refractivity contribution in [3.05, 3.63) is 70.0 Å². The van der Waals surface area contributed by atoms with Crippen LogP contribution < -0.4 is 15.1 Å². The number of para-hydroxylation sites is 1. The number of fused-ring (bicyclic) bond motifs is 1. The summed E-state index contributed by atoms with van der Waals surface area (Å²) in [4.78, 5) is 26.1. The first-order chi connectivity index (χ1) is 14.5. The molecule has 0 aliphatic rings. The maximum absolute atomic E-state index is 12.8. The van der Waals surface area contributed by atoms with Crippen LogP contribution >= 0.6 is 0 Å². The Kier molecular flexibility index (Phi) is 6.74. The van der Waals surface area contributed by atoms with Crippen molar-refractivity contribution in [2.45, 2.75) is 26.8 Å². The SMILES string of the molecule is CCN(CC)c1ccccc1Cc1ccc2c(c1)c(=O)c(OC(=O)O)cn2CCO. The lowest BCUT2D eigenvalue weighted by atomic mass is 10.0. The van der Waals surface area contributed by atoms with Crippen molar-refractivity contribution >= 4 is 22.7 Å². The number of aliphatic hydroxyl groups is 1. The van der Waals surface area contributed by atoms with E-state index in [0.717, 1.165) is 29.9 Å². The van der Waals surface area contributed by atoms with E-state index in [9.17, 15) is 14.7 Å². The molecule has 0 atom stereocenters. The summed E-state index contributed by atoms with van der Waals surface area (Å²) in [6.45, 7) is 6.09. The second kappa shape index (κ2) is 9.45. The summed E-state index contributed by atoms with van der Waals surface area (Å²) in [5.74, 6) is -0.274. The summed E-state index contributed by atoms with van der Waals surface area (Å²) in [5, 5.41) is 18.6. The first kappa shape index (κ1) is 21.4. The van der Waals surface area contributed by atoms with Gasteiger partial charge in [-0.2, -0.15) is 0 Å². The summed E-state index contributed by atoms with van der Waals surface area (Å²) in [6, 6.07) is 13.7. The van der Waals surface area contributed by atoms with Crippen LogP contribution in [0.25, 0.3) is 10.9 Å². The van der Waals surface area contributed by atoms with Gasteiger partial charge in [-0.05, 0) is 49.6 Å². The molecule has 158 valence electrons. The molecule has 7 heteroatoms. The monoisotopic (exact) mass is 410 g/mol. The van der Waals surface area contributed by atoms with Gasteiger partial charge >= 0.3 is 6.16 Å². The summed E-state index contributed by atoms with van der Waals surface area (Å²) in [6.07, 6.45) is 0.405. The number of hydrogen-bond donors (Lipinski definition) is 2. The van der Waals surface area contributed by atoms with Gasteiger partial charge < -0.3 is 24.4 Å². The normalized spacial score (nSPS) is 10.9. The number of aromatic nitrogens is 1. The Hall–Kier alpha value is -3.32. The number of benzene rings is 2. The fourth-order valence-electron chi connectivity index (χ4n) is 3.74. The van der Waals surface area contributed by atoms with Crippen LogP contribution in [0.15, 0.2) is 53.5 Å². The lowest BCUT2D eigenvalue weighted by Gasteiger charge is -2.24. The molecule has 0 saturated carbocycles. The van der Waals surface area contributed by atoms with Crippen molar-refractivity contribution in [2.24, 2.45) is 0 Å². The van der Waals surface area contributed by atoms with Crippen LogP contribution in [0, 0.1) is 0 Å². The number of aliphatic hydroxyl groups excluding tert-OH is 1. The lowest BCUT2D eigenvalue weighted by Crippen LogP contribution is -2.23. The molecule has 0 radical (unpaired) electrons. The van der Waals surface area contributed by atoms with Crippen LogP contribution in [0.2, 0.25) is 0 Å². The average Bonchev–Trinajstić information content (AvgIpc) is 2.73. The van der Waals surface area contributed by atoms with Crippen LogP contribution in [0.5, 0.6) is 5.75 Å². The molecule has 3 aromatic rings. The van der Waals surface area contributed by atoms with Crippen LogP contribution in [0.4, 0.5) is 10.5 Å². The molecular formula is C23H26N2O5. The largest absolute Gasteiger partial charge is 0.511 e. The number of carboxylic acid groups (broad SMARTS) is 1. The van der Waals surface area contributed by atoms with Crippen LogP contribution in [0.3, 0.4) is 0 Å². The Labute approximate surface area is 174 Å². The maximum atomic E-state index is 12.8. The Morgan fingerprint density at radius 3 is 2.53 bits per heavy atom. The number of carbonyl (C=O) groups is 1. The zero-order valence-electron chi connectivity index (χ0n) is 17.2. The molecule has 1 heterocycles. The quantitative estimate of drug-likeness (QED) is 0.553. The number of pyridine rings is 1. The van der Waals surface area contributed by atoms with Crippen molar-refractivity contribution in [1.82, 2.24) is 4.57 Å². The number of rotatable bonds is 8. The van der Waals surface area contributed by atoms with Gasteiger partial charge in [0.15, 0.2) is 5.75 Å². The molecule has 7 nitrogen and oxygen atoms in total. The summed E-state index contributed by atoms with van der Waals surface area (Å²) >= 11 is 0. The van der Waals surface area contributed by atoms with E-state index in [4.69, 9.17) is 5.11 Å². The molecular weight excluding hydrogens is 384 g/mol. The van der Waals surface area contributed by atoms with E-state index < -0.39 is 11.6 Å². The molecule has 30 heavy (non-hydrogen) atoms. The van der Waals surface area contributed by atoms with E-state index in [1.807, 2.05) is 24.3 Å². The highest BCUT2D eigenvalue weighted by Gasteiger charge is 2.15. The smallest absolute Gasteiger partial charge is 0.449 e. The van der Waals surface area contributed by atoms with Gasteiger partial charge in [0.25, 0.3) is 0 Å². The molecule has 2 N–H and O–H groups in total. The predicted octanol–water partition coefficient (Wildman–Crippen LogP) is 3.49. The van der Waals surface area contributed by atoms with Gasteiger partial charge in [0.2, 0.25) is 5.43 Å². The topological polar surface area (TPSA) is 92.0 Å². The highest BCUT2D eigenvalue weighted by Crippen LogP contribution is 2.25. The van der Waals surface area contributed by atoms with Crippen molar-refractivity contribution in [3.8, 4) is 5.75 Å². The van der Waals surface area contributed by atoms with Gasteiger partial charge in [0, 0.05) is 30.7 Å². The number of nitrogens with zero attached hydrogens (tertiary/aromatic N) is 2. The highest BCUT2D eigenvalue weighted by molar-refractivity contribution is 5.82. The molecule has 2 aromatic carbocycles. The fourth-order valence-corrected chi connectivity index (χ4v) is 3.74. The maximum Gasteiger partial charge on any atom is 0.511 e. The van der Waals surface area contributed by atoms with E-state index >= 15 is 0 Å². The second-order valence-corrected chi connectivity index (χ2v) is 6.94.